The fourth-order valence-electron chi connectivity index (χ4n) is 8.44. The average molecular weight is 588 g/mol. The van der Waals surface area contributed by atoms with Gasteiger partial charge < -0.3 is 20.5 Å². The molecular formula is C34H41N3O6. The zero-order valence-electron chi connectivity index (χ0n) is 24.7. The summed E-state index contributed by atoms with van der Waals surface area (Å²) in [6.45, 7) is 0.817. The Balaban J connectivity index is 1.26. The third kappa shape index (κ3) is 5.50. The number of rotatable bonds is 8. The van der Waals surface area contributed by atoms with Gasteiger partial charge in [-0.25, -0.2) is 9.59 Å². The van der Waals surface area contributed by atoms with Crippen LogP contribution in [0.3, 0.4) is 0 Å². The zero-order chi connectivity index (χ0) is 30.1. The van der Waals surface area contributed by atoms with Crippen LogP contribution in [-0.2, 0) is 19.1 Å². The topological polar surface area (TPSA) is 125 Å². The standard InChI is InChI=1S/C34H41N3O6/c1-43-32(40)28(17-21-13-16-35-30(21)38)36-31(39)29-18-22(20-37(29)33(41)42)34(14-7-2-8-15-34)19-27-25-11-5-3-9-23(25)24-10-4-6-12-26(24)27/h3-6,9-12,21-22,27-29H,2,7-8,13-20H2,1H3,(H,35,38)(H,36,39)(H,41,42)/t21?,22-,28?,29+/m1/s1. The van der Waals surface area contributed by atoms with Crippen molar-refractivity contribution in [2.24, 2.45) is 17.3 Å². The van der Waals surface area contributed by atoms with Crippen LogP contribution < -0.4 is 10.6 Å². The predicted molar refractivity (Wildman–Crippen MR) is 160 cm³/mol. The summed E-state index contributed by atoms with van der Waals surface area (Å²) in [7, 11) is 1.25. The molecule has 9 heteroatoms. The monoisotopic (exact) mass is 587 g/mol. The Bertz CT molecular complexity index is 1360. The third-order valence-corrected chi connectivity index (χ3v) is 10.6. The van der Waals surface area contributed by atoms with Gasteiger partial charge in [-0.3, -0.25) is 14.5 Å². The van der Waals surface area contributed by atoms with Gasteiger partial charge in [-0.2, -0.15) is 0 Å². The number of carboxylic acid groups (broad SMARTS) is 1. The van der Waals surface area contributed by atoms with E-state index in [4.69, 9.17) is 4.74 Å². The van der Waals surface area contributed by atoms with E-state index in [1.807, 2.05) is 0 Å². The number of likely N-dealkylation sites (tertiary alicyclic amines) is 1. The minimum Gasteiger partial charge on any atom is -0.467 e. The molecule has 1 saturated carbocycles. The molecule has 4 aliphatic rings. The van der Waals surface area contributed by atoms with E-state index in [2.05, 4.69) is 59.2 Å². The van der Waals surface area contributed by atoms with Crippen LogP contribution in [-0.4, -0.2) is 66.2 Å². The van der Waals surface area contributed by atoms with Crippen LogP contribution in [0.5, 0.6) is 0 Å². The van der Waals surface area contributed by atoms with Gasteiger partial charge in [0.15, 0.2) is 0 Å². The highest BCUT2D eigenvalue weighted by atomic mass is 16.5. The highest BCUT2D eigenvalue weighted by molar-refractivity contribution is 5.90. The molecule has 6 rings (SSSR count). The van der Waals surface area contributed by atoms with Crippen molar-refractivity contribution < 1.29 is 29.0 Å². The first-order chi connectivity index (χ1) is 20.8. The molecule has 2 aromatic carbocycles. The number of hydrogen-bond donors (Lipinski definition) is 3. The lowest BCUT2D eigenvalue weighted by atomic mass is 9.60. The minimum atomic E-state index is -1.13. The molecular weight excluding hydrogens is 546 g/mol. The van der Waals surface area contributed by atoms with Crippen LogP contribution >= 0.6 is 0 Å². The molecule has 228 valence electrons. The molecule has 3 amide bonds. The first kappa shape index (κ1) is 29.2. The van der Waals surface area contributed by atoms with Crippen LogP contribution in [0.2, 0.25) is 0 Å². The van der Waals surface area contributed by atoms with Crippen LogP contribution in [0.25, 0.3) is 11.1 Å². The van der Waals surface area contributed by atoms with Gasteiger partial charge in [0.05, 0.1) is 7.11 Å². The molecule has 9 nitrogen and oxygen atoms in total. The molecule has 2 aliphatic heterocycles. The number of amides is 3. The SMILES string of the molecule is COC(=O)C(CC1CCNC1=O)NC(=O)[C@@H]1C[C@@H](C2(CC3c4ccccc4-c4ccccc43)CCCCC2)CN1C(=O)O. The van der Waals surface area contributed by atoms with Gasteiger partial charge in [0.2, 0.25) is 11.8 Å². The maximum Gasteiger partial charge on any atom is 0.407 e. The normalized spacial score (nSPS) is 25.0. The Labute approximate surface area is 252 Å². The average Bonchev–Trinajstić information content (AvgIpc) is 3.74. The van der Waals surface area contributed by atoms with Crippen molar-refractivity contribution in [2.75, 3.05) is 20.2 Å². The van der Waals surface area contributed by atoms with Crippen molar-refractivity contribution in [2.45, 2.75) is 75.8 Å². The second-order valence-corrected chi connectivity index (χ2v) is 12.8. The molecule has 43 heavy (non-hydrogen) atoms. The van der Waals surface area contributed by atoms with E-state index in [1.54, 1.807) is 0 Å². The quantitative estimate of drug-likeness (QED) is 0.385. The van der Waals surface area contributed by atoms with Crippen LogP contribution in [0.15, 0.2) is 48.5 Å². The summed E-state index contributed by atoms with van der Waals surface area (Å²) < 4.78 is 4.94. The Morgan fingerprint density at radius 3 is 2.28 bits per heavy atom. The lowest BCUT2D eigenvalue weighted by Gasteiger charge is -2.44. The summed E-state index contributed by atoms with van der Waals surface area (Å²) in [5.41, 5.74) is 5.09. The zero-order valence-corrected chi connectivity index (χ0v) is 24.7. The maximum absolute atomic E-state index is 13.7. The minimum absolute atomic E-state index is 0.0109. The summed E-state index contributed by atoms with van der Waals surface area (Å²) in [4.78, 5) is 52.3. The molecule has 3 N–H and O–H groups in total. The van der Waals surface area contributed by atoms with Crippen molar-refractivity contribution in [3.8, 4) is 11.1 Å². The molecule has 3 fully saturated rings. The number of carbonyl (C=O) groups is 4. The van der Waals surface area contributed by atoms with E-state index >= 15 is 0 Å². The van der Waals surface area contributed by atoms with Gasteiger partial charge >= 0.3 is 12.1 Å². The predicted octanol–water partition coefficient (Wildman–Crippen LogP) is 4.69. The molecule has 2 unspecified atom stereocenters. The second kappa shape index (κ2) is 12.0. The van der Waals surface area contributed by atoms with E-state index in [0.29, 0.717) is 19.4 Å². The number of fused-ring (bicyclic) bond motifs is 3. The summed E-state index contributed by atoms with van der Waals surface area (Å²) in [5.74, 6) is -1.45. The summed E-state index contributed by atoms with van der Waals surface area (Å²) >= 11 is 0. The van der Waals surface area contributed by atoms with Gasteiger partial charge in [-0.15, -0.1) is 0 Å². The van der Waals surface area contributed by atoms with E-state index < -0.39 is 36.0 Å². The number of carbonyl (C=O) groups excluding carboxylic acids is 3. The highest BCUT2D eigenvalue weighted by Crippen LogP contribution is 2.57. The Morgan fingerprint density at radius 2 is 1.70 bits per heavy atom. The highest BCUT2D eigenvalue weighted by Gasteiger charge is 2.51. The Morgan fingerprint density at radius 1 is 1.05 bits per heavy atom. The number of methoxy groups -OCH3 is 1. The summed E-state index contributed by atoms with van der Waals surface area (Å²) in [6.07, 6.45) is 6.23. The number of ether oxygens (including phenoxy) is 1. The number of nitrogens with zero attached hydrogens (tertiary/aromatic N) is 1. The van der Waals surface area contributed by atoms with Crippen LogP contribution in [0.4, 0.5) is 4.79 Å². The number of esters is 1. The summed E-state index contributed by atoms with van der Waals surface area (Å²) in [5, 5.41) is 15.8. The lowest BCUT2D eigenvalue weighted by Crippen LogP contribution is -2.51. The van der Waals surface area contributed by atoms with E-state index in [0.717, 1.165) is 38.5 Å². The number of hydrogen-bond acceptors (Lipinski definition) is 5. The molecule has 2 saturated heterocycles. The number of nitrogens with one attached hydrogen (secondary N) is 2. The smallest absolute Gasteiger partial charge is 0.407 e. The van der Waals surface area contributed by atoms with Crippen molar-refractivity contribution in [3.63, 3.8) is 0 Å². The van der Waals surface area contributed by atoms with E-state index in [-0.39, 0.29) is 36.1 Å². The Kier molecular flexibility index (Phi) is 8.16. The molecule has 2 heterocycles. The summed E-state index contributed by atoms with van der Waals surface area (Å²) in [6, 6.07) is 15.3. The first-order valence-electron chi connectivity index (χ1n) is 15.6. The maximum atomic E-state index is 13.7. The fourth-order valence-corrected chi connectivity index (χ4v) is 8.44. The van der Waals surface area contributed by atoms with Crippen LogP contribution in [0, 0.1) is 17.3 Å². The molecule has 0 aromatic heterocycles. The van der Waals surface area contributed by atoms with Crippen molar-refractivity contribution in [3.05, 3.63) is 59.7 Å². The number of benzene rings is 2. The molecule has 0 bridgehead atoms. The van der Waals surface area contributed by atoms with Gasteiger partial charge in [0.25, 0.3) is 0 Å². The largest absolute Gasteiger partial charge is 0.467 e. The molecule has 2 aromatic rings. The van der Waals surface area contributed by atoms with Crippen molar-refractivity contribution >= 4 is 23.9 Å². The van der Waals surface area contributed by atoms with Gasteiger partial charge in [0, 0.05) is 24.9 Å². The van der Waals surface area contributed by atoms with E-state index in [1.165, 1.54) is 34.3 Å². The van der Waals surface area contributed by atoms with Gasteiger partial charge in [-0.1, -0.05) is 67.8 Å². The van der Waals surface area contributed by atoms with E-state index in [9.17, 15) is 24.3 Å². The Hall–Kier alpha value is -3.88. The van der Waals surface area contributed by atoms with Crippen molar-refractivity contribution in [1.82, 2.24) is 15.5 Å². The lowest BCUT2D eigenvalue weighted by molar-refractivity contribution is -0.146. The fraction of sp³-hybridized carbons (Fsp3) is 0.529. The molecule has 4 atom stereocenters. The van der Waals surface area contributed by atoms with Gasteiger partial charge in [0.1, 0.15) is 12.1 Å². The molecule has 2 aliphatic carbocycles. The van der Waals surface area contributed by atoms with Crippen molar-refractivity contribution in [1.29, 1.82) is 0 Å². The third-order valence-electron chi connectivity index (χ3n) is 10.6. The van der Waals surface area contributed by atoms with Crippen LogP contribution in [0.1, 0.15) is 74.8 Å². The first-order valence-corrected chi connectivity index (χ1v) is 15.6. The molecule has 0 radical (unpaired) electrons. The van der Waals surface area contributed by atoms with Gasteiger partial charge in [-0.05, 0) is 72.1 Å². The second-order valence-electron chi connectivity index (χ2n) is 12.8. The molecule has 0 spiro atoms.